The highest BCUT2D eigenvalue weighted by Gasteiger charge is 2.21. The zero-order valence-corrected chi connectivity index (χ0v) is 16.9. The van der Waals surface area contributed by atoms with Gasteiger partial charge in [-0.2, -0.15) is 0 Å². The van der Waals surface area contributed by atoms with E-state index in [0.29, 0.717) is 23.5 Å². The number of anilines is 2. The van der Waals surface area contributed by atoms with Crippen LogP contribution in [0.25, 0.3) is 10.9 Å². The quantitative estimate of drug-likeness (QED) is 0.503. The molecule has 0 radical (unpaired) electrons. The Hall–Kier alpha value is -4.03. The number of pyridine rings is 1. The monoisotopic (exact) mass is 410 g/mol. The minimum absolute atomic E-state index is 0.136. The number of fused-ring (bicyclic) bond motifs is 1. The number of amides is 2. The van der Waals surface area contributed by atoms with E-state index in [0.717, 1.165) is 16.5 Å². The summed E-state index contributed by atoms with van der Waals surface area (Å²) in [5.41, 5.74) is 9.11. The van der Waals surface area contributed by atoms with Crippen LogP contribution in [0.1, 0.15) is 15.9 Å². The van der Waals surface area contributed by atoms with Crippen molar-refractivity contribution in [2.24, 2.45) is 5.73 Å². The van der Waals surface area contributed by atoms with Gasteiger partial charge in [0.05, 0.1) is 17.4 Å². The summed E-state index contributed by atoms with van der Waals surface area (Å²) >= 11 is 0. The third kappa shape index (κ3) is 4.76. The average Bonchev–Trinajstić information content (AvgIpc) is 2.82. The first-order valence-electron chi connectivity index (χ1n) is 9.94. The lowest BCUT2D eigenvalue weighted by Gasteiger charge is -2.23. The van der Waals surface area contributed by atoms with Crippen molar-refractivity contribution < 1.29 is 9.59 Å². The summed E-state index contributed by atoms with van der Waals surface area (Å²) in [4.78, 5) is 31.9. The summed E-state index contributed by atoms with van der Waals surface area (Å²) in [5, 5.41) is 3.77. The SMILES string of the molecule is NCc1cccc(C(=O)N(CC(=O)Nc2cnc3ccccc3c2)c2ccccc2)c1. The molecule has 1 aromatic heterocycles. The first kappa shape index (κ1) is 20.3. The Kier molecular flexibility index (Phi) is 6.01. The van der Waals surface area contributed by atoms with Crippen molar-refractivity contribution in [1.29, 1.82) is 0 Å². The van der Waals surface area contributed by atoms with Gasteiger partial charge in [-0.1, -0.05) is 48.5 Å². The lowest BCUT2D eigenvalue weighted by atomic mass is 10.1. The van der Waals surface area contributed by atoms with Crippen LogP contribution in [0.5, 0.6) is 0 Å². The molecule has 0 spiro atoms. The van der Waals surface area contributed by atoms with Gasteiger partial charge >= 0.3 is 0 Å². The molecule has 0 bridgehead atoms. The fourth-order valence-corrected chi connectivity index (χ4v) is 3.36. The molecule has 0 atom stereocenters. The number of hydrogen-bond donors (Lipinski definition) is 2. The van der Waals surface area contributed by atoms with Gasteiger partial charge in [0.25, 0.3) is 5.91 Å². The van der Waals surface area contributed by atoms with Gasteiger partial charge in [-0.05, 0) is 42.0 Å². The standard InChI is InChI=1S/C25H22N4O2/c26-15-18-7-6-9-20(13-18)25(31)29(22-10-2-1-3-11-22)17-24(30)28-21-14-19-8-4-5-12-23(19)27-16-21/h1-14,16H,15,17,26H2,(H,28,30). The second-order valence-corrected chi connectivity index (χ2v) is 7.10. The van der Waals surface area contributed by atoms with Gasteiger partial charge < -0.3 is 11.1 Å². The average molecular weight is 410 g/mol. The summed E-state index contributed by atoms with van der Waals surface area (Å²) in [5.74, 6) is -0.586. The van der Waals surface area contributed by atoms with Gasteiger partial charge in [0.2, 0.25) is 5.91 Å². The molecule has 0 aliphatic carbocycles. The van der Waals surface area contributed by atoms with Gasteiger partial charge in [0.15, 0.2) is 0 Å². The van der Waals surface area contributed by atoms with E-state index in [2.05, 4.69) is 10.3 Å². The molecule has 0 unspecified atom stereocenters. The zero-order valence-electron chi connectivity index (χ0n) is 16.9. The largest absolute Gasteiger partial charge is 0.326 e. The first-order chi connectivity index (χ1) is 15.1. The lowest BCUT2D eigenvalue weighted by Crippen LogP contribution is -2.38. The van der Waals surface area contributed by atoms with E-state index in [9.17, 15) is 9.59 Å². The Labute approximate surface area is 180 Å². The number of rotatable bonds is 6. The molecule has 4 rings (SSSR count). The highest BCUT2D eigenvalue weighted by molar-refractivity contribution is 6.10. The highest BCUT2D eigenvalue weighted by Crippen LogP contribution is 2.19. The lowest BCUT2D eigenvalue weighted by molar-refractivity contribution is -0.114. The molecule has 3 N–H and O–H groups in total. The van der Waals surface area contributed by atoms with Crippen LogP contribution < -0.4 is 16.0 Å². The molecule has 0 aliphatic rings. The summed E-state index contributed by atoms with van der Waals surface area (Å²) in [6.07, 6.45) is 1.61. The van der Waals surface area contributed by atoms with Gasteiger partial charge in [0.1, 0.15) is 6.54 Å². The molecule has 1 heterocycles. The number of nitrogens with one attached hydrogen (secondary N) is 1. The molecule has 6 nitrogen and oxygen atoms in total. The molecule has 3 aromatic carbocycles. The van der Waals surface area contributed by atoms with Crippen molar-refractivity contribution >= 4 is 34.1 Å². The third-order valence-corrected chi connectivity index (χ3v) is 4.90. The van der Waals surface area contributed by atoms with E-state index in [1.165, 1.54) is 4.90 Å². The Bertz CT molecular complexity index is 1220. The van der Waals surface area contributed by atoms with Crippen molar-refractivity contribution in [3.05, 3.63) is 102 Å². The fourth-order valence-electron chi connectivity index (χ4n) is 3.36. The Morgan fingerprint density at radius 1 is 0.903 bits per heavy atom. The predicted molar refractivity (Wildman–Crippen MR) is 123 cm³/mol. The maximum absolute atomic E-state index is 13.3. The van der Waals surface area contributed by atoms with E-state index in [4.69, 9.17) is 5.73 Å². The Morgan fingerprint density at radius 3 is 2.48 bits per heavy atom. The number of hydrogen-bond acceptors (Lipinski definition) is 4. The highest BCUT2D eigenvalue weighted by atomic mass is 16.2. The molecule has 6 heteroatoms. The minimum atomic E-state index is -0.315. The van der Waals surface area contributed by atoms with Gasteiger partial charge in [0, 0.05) is 23.2 Å². The third-order valence-electron chi connectivity index (χ3n) is 4.90. The van der Waals surface area contributed by atoms with Crippen LogP contribution in [0.2, 0.25) is 0 Å². The van der Waals surface area contributed by atoms with Crippen LogP contribution in [-0.2, 0) is 11.3 Å². The predicted octanol–water partition coefficient (Wildman–Crippen LogP) is 3.98. The van der Waals surface area contributed by atoms with Gasteiger partial charge in [-0.3, -0.25) is 19.5 Å². The van der Waals surface area contributed by atoms with Crippen LogP contribution in [-0.4, -0.2) is 23.3 Å². The Morgan fingerprint density at radius 2 is 1.68 bits per heavy atom. The maximum Gasteiger partial charge on any atom is 0.258 e. The second kappa shape index (κ2) is 9.19. The van der Waals surface area contributed by atoms with E-state index in [-0.39, 0.29) is 18.4 Å². The van der Waals surface area contributed by atoms with Crippen molar-refractivity contribution in [3.63, 3.8) is 0 Å². The number of carbonyl (C=O) groups excluding carboxylic acids is 2. The number of carbonyl (C=O) groups is 2. The van der Waals surface area contributed by atoms with Crippen molar-refractivity contribution in [2.75, 3.05) is 16.8 Å². The van der Waals surface area contributed by atoms with Crippen LogP contribution in [0.4, 0.5) is 11.4 Å². The van der Waals surface area contributed by atoms with E-state index >= 15 is 0 Å². The van der Waals surface area contributed by atoms with E-state index in [1.54, 1.807) is 36.5 Å². The van der Waals surface area contributed by atoms with Crippen molar-refractivity contribution in [2.45, 2.75) is 6.54 Å². The number of para-hydroxylation sites is 2. The summed E-state index contributed by atoms with van der Waals surface area (Å²) in [6.45, 7) is 0.199. The van der Waals surface area contributed by atoms with Crippen LogP contribution in [0.3, 0.4) is 0 Å². The molecular formula is C25H22N4O2. The van der Waals surface area contributed by atoms with Crippen molar-refractivity contribution in [3.8, 4) is 0 Å². The maximum atomic E-state index is 13.3. The smallest absolute Gasteiger partial charge is 0.258 e. The number of nitrogens with zero attached hydrogens (tertiary/aromatic N) is 2. The van der Waals surface area contributed by atoms with Gasteiger partial charge in [-0.15, -0.1) is 0 Å². The molecule has 0 aliphatic heterocycles. The molecule has 0 fully saturated rings. The van der Waals surface area contributed by atoms with E-state index < -0.39 is 0 Å². The van der Waals surface area contributed by atoms with E-state index in [1.807, 2.05) is 54.6 Å². The van der Waals surface area contributed by atoms with Gasteiger partial charge in [-0.25, -0.2) is 0 Å². The summed E-state index contributed by atoms with van der Waals surface area (Å²) < 4.78 is 0. The number of aromatic nitrogens is 1. The van der Waals surface area contributed by atoms with Crippen LogP contribution >= 0.6 is 0 Å². The molecule has 154 valence electrons. The zero-order chi connectivity index (χ0) is 21.6. The molecule has 4 aromatic rings. The summed E-state index contributed by atoms with van der Waals surface area (Å²) in [6, 6.07) is 25.8. The minimum Gasteiger partial charge on any atom is -0.326 e. The summed E-state index contributed by atoms with van der Waals surface area (Å²) in [7, 11) is 0. The topological polar surface area (TPSA) is 88.3 Å². The van der Waals surface area contributed by atoms with Crippen molar-refractivity contribution in [1.82, 2.24) is 4.98 Å². The molecule has 0 saturated carbocycles. The molecule has 0 saturated heterocycles. The normalized spacial score (nSPS) is 10.6. The van der Waals surface area contributed by atoms with Crippen LogP contribution in [0.15, 0.2) is 91.1 Å². The number of nitrogens with two attached hydrogens (primary N) is 1. The van der Waals surface area contributed by atoms with Crippen LogP contribution in [0, 0.1) is 0 Å². The fraction of sp³-hybridized carbons (Fsp3) is 0.0800. The second-order valence-electron chi connectivity index (χ2n) is 7.10. The number of benzene rings is 3. The Balaban J connectivity index is 1.58. The first-order valence-corrected chi connectivity index (χ1v) is 9.94. The molecule has 31 heavy (non-hydrogen) atoms. The molecular weight excluding hydrogens is 388 g/mol. The molecule has 2 amide bonds.